The molecule has 0 fully saturated rings. The number of nitrogen functional groups attached to an aromatic ring is 1. The van der Waals surface area contributed by atoms with Crippen molar-refractivity contribution in [2.45, 2.75) is 13.1 Å². The Morgan fingerprint density at radius 1 is 1.16 bits per heavy atom. The fourth-order valence-corrected chi connectivity index (χ4v) is 3.45. The Morgan fingerprint density at radius 2 is 1.89 bits per heavy atom. The zero-order valence-corrected chi connectivity index (χ0v) is 19.0. The van der Waals surface area contributed by atoms with Gasteiger partial charge in [-0.3, -0.25) is 5.32 Å². The summed E-state index contributed by atoms with van der Waals surface area (Å²) in [5.74, 6) is -1.38. The number of aromatic nitrogens is 4. The smallest absolute Gasteiger partial charge is 0.416 e. The first-order valence-corrected chi connectivity index (χ1v) is 10.6. The van der Waals surface area contributed by atoms with Crippen LogP contribution in [0, 0.1) is 11.3 Å². The number of urea groups is 1. The van der Waals surface area contributed by atoms with Crippen molar-refractivity contribution in [3.8, 4) is 17.2 Å². The number of nitriles is 1. The molecule has 0 radical (unpaired) electrons. The summed E-state index contributed by atoms with van der Waals surface area (Å²) in [6.07, 6.45) is -3.55. The van der Waals surface area contributed by atoms with Crippen LogP contribution in [0.1, 0.15) is 28.7 Å². The standard InChI is InChI=1S/C23H17F3N8O3/c1-2-37-21(35)17-7-13(23(24,25)26)8-18(32-17)33-22(36)31-14-5-3-12(4-6-14)16-9-15(10-27)34-19(16)20(28)29-11-30-34/h3-9,11H,2H2,1H3,(H2,28,29,30)(H2,31,32,33,36). The fraction of sp³-hybridized carbons (Fsp3) is 0.130. The third-order valence-corrected chi connectivity index (χ3v) is 5.03. The van der Waals surface area contributed by atoms with Gasteiger partial charge in [-0.2, -0.15) is 23.5 Å². The van der Waals surface area contributed by atoms with Crippen molar-refractivity contribution < 1.29 is 27.5 Å². The molecule has 4 aromatic rings. The number of amides is 2. The van der Waals surface area contributed by atoms with Gasteiger partial charge >= 0.3 is 18.2 Å². The number of anilines is 3. The van der Waals surface area contributed by atoms with Gasteiger partial charge in [0.1, 0.15) is 29.4 Å². The second kappa shape index (κ2) is 9.82. The molecular formula is C23H17F3N8O3. The lowest BCUT2D eigenvalue weighted by molar-refractivity contribution is -0.137. The Labute approximate surface area is 206 Å². The van der Waals surface area contributed by atoms with Crippen molar-refractivity contribution in [3.05, 3.63) is 65.7 Å². The first-order chi connectivity index (χ1) is 17.6. The lowest BCUT2D eigenvalue weighted by Gasteiger charge is -2.12. The van der Waals surface area contributed by atoms with Gasteiger partial charge in [0.2, 0.25) is 0 Å². The molecule has 188 valence electrons. The van der Waals surface area contributed by atoms with Crippen LogP contribution in [0.3, 0.4) is 0 Å². The molecule has 1 aromatic carbocycles. The van der Waals surface area contributed by atoms with E-state index >= 15 is 0 Å². The molecule has 0 saturated carbocycles. The number of carbonyl (C=O) groups excluding carboxylic acids is 2. The quantitative estimate of drug-likeness (QED) is 0.339. The third-order valence-electron chi connectivity index (χ3n) is 5.03. The normalized spacial score (nSPS) is 11.1. The minimum atomic E-state index is -4.78. The monoisotopic (exact) mass is 510 g/mol. The first-order valence-electron chi connectivity index (χ1n) is 10.6. The van der Waals surface area contributed by atoms with E-state index in [1.165, 1.54) is 29.9 Å². The molecule has 0 spiro atoms. The SMILES string of the molecule is CCOC(=O)c1cc(C(F)(F)F)cc(NC(=O)Nc2ccc(-c3cc(C#N)n4ncnc(N)c34)cc2)n1. The predicted octanol–water partition coefficient (Wildman–Crippen LogP) is 4.08. The number of carbonyl (C=O) groups is 2. The van der Waals surface area contributed by atoms with E-state index in [-0.39, 0.29) is 18.1 Å². The lowest BCUT2D eigenvalue weighted by Crippen LogP contribution is -2.22. The molecule has 11 nitrogen and oxygen atoms in total. The lowest BCUT2D eigenvalue weighted by atomic mass is 10.1. The highest BCUT2D eigenvalue weighted by Gasteiger charge is 2.33. The van der Waals surface area contributed by atoms with Crippen molar-refractivity contribution in [1.82, 2.24) is 19.6 Å². The Bertz CT molecular complexity index is 1540. The van der Waals surface area contributed by atoms with Crippen molar-refractivity contribution in [3.63, 3.8) is 0 Å². The summed E-state index contributed by atoms with van der Waals surface area (Å²) < 4.78 is 45.9. The number of benzene rings is 1. The minimum absolute atomic E-state index is 0.0628. The zero-order valence-electron chi connectivity index (χ0n) is 19.0. The van der Waals surface area contributed by atoms with Crippen LogP contribution in [0.25, 0.3) is 16.6 Å². The van der Waals surface area contributed by atoms with E-state index in [0.29, 0.717) is 34.5 Å². The number of nitrogens with one attached hydrogen (secondary N) is 2. The molecule has 37 heavy (non-hydrogen) atoms. The number of nitrogens with two attached hydrogens (primary N) is 1. The second-order valence-corrected chi connectivity index (χ2v) is 7.46. The maximum absolute atomic E-state index is 13.3. The first kappa shape index (κ1) is 24.9. The highest BCUT2D eigenvalue weighted by molar-refractivity contribution is 6.00. The van der Waals surface area contributed by atoms with Crippen LogP contribution < -0.4 is 16.4 Å². The molecule has 4 N–H and O–H groups in total. The molecule has 4 rings (SSSR count). The van der Waals surface area contributed by atoms with Crippen molar-refractivity contribution in [2.75, 3.05) is 23.0 Å². The average molecular weight is 510 g/mol. The molecule has 14 heteroatoms. The summed E-state index contributed by atoms with van der Waals surface area (Å²) >= 11 is 0. The van der Waals surface area contributed by atoms with Gasteiger partial charge in [-0.15, -0.1) is 0 Å². The molecule has 0 saturated heterocycles. The van der Waals surface area contributed by atoms with Crippen LogP contribution in [-0.4, -0.2) is 38.2 Å². The number of rotatable bonds is 5. The van der Waals surface area contributed by atoms with Crippen LogP contribution in [0.15, 0.2) is 48.8 Å². The number of pyridine rings is 1. The molecular weight excluding hydrogens is 493 g/mol. The number of hydrogen-bond donors (Lipinski definition) is 3. The molecule has 0 bridgehead atoms. The Hall–Kier alpha value is -5.19. The van der Waals surface area contributed by atoms with Crippen molar-refractivity contribution >= 4 is 34.8 Å². The average Bonchev–Trinajstić information content (AvgIpc) is 3.24. The maximum atomic E-state index is 13.3. The maximum Gasteiger partial charge on any atom is 0.416 e. The minimum Gasteiger partial charge on any atom is -0.461 e. The zero-order chi connectivity index (χ0) is 26.7. The van der Waals surface area contributed by atoms with Gasteiger partial charge in [0.15, 0.2) is 11.5 Å². The number of hydrogen-bond acceptors (Lipinski definition) is 8. The highest BCUT2D eigenvalue weighted by atomic mass is 19.4. The largest absolute Gasteiger partial charge is 0.461 e. The van der Waals surface area contributed by atoms with E-state index in [9.17, 15) is 28.0 Å². The number of nitrogens with zero attached hydrogens (tertiary/aromatic N) is 5. The Balaban J connectivity index is 1.55. The molecule has 0 aliphatic rings. The van der Waals surface area contributed by atoms with Gasteiger partial charge in [-0.25, -0.2) is 24.1 Å². The summed E-state index contributed by atoms with van der Waals surface area (Å²) in [6.45, 7) is 1.43. The van der Waals surface area contributed by atoms with Crippen LogP contribution in [0.4, 0.5) is 35.3 Å². The number of esters is 1. The summed E-state index contributed by atoms with van der Waals surface area (Å²) in [5.41, 5.74) is 6.40. The topological polar surface area (TPSA) is 160 Å². The molecule has 0 atom stereocenters. The molecule has 2 amide bonds. The van der Waals surface area contributed by atoms with E-state index in [1.807, 2.05) is 6.07 Å². The number of fused-ring (bicyclic) bond motifs is 1. The molecule has 0 aliphatic heterocycles. The van der Waals surface area contributed by atoms with E-state index in [4.69, 9.17) is 10.5 Å². The van der Waals surface area contributed by atoms with Gasteiger partial charge < -0.3 is 15.8 Å². The number of ether oxygens (including phenoxy) is 1. The highest BCUT2D eigenvalue weighted by Crippen LogP contribution is 2.32. The van der Waals surface area contributed by atoms with E-state index in [1.54, 1.807) is 18.2 Å². The van der Waals surface area contributed by atoms with Crippen LogP contribution in [-0.2, 0) is 10.9 Å². The Morgan fingerprint density at radius 3 is 2.54 bits per heavy atom. The summed E-state index contributed by atoms with van der Waals surface area (Å²) in [6, 6.07) is 10.2. The summed E-state index contributed by atoms with van der Waals surface area (Å²) in [4.78, 5) is 32.0. The predicted molar refractivity (Wildman–Crippen MR) is 125 cm³/mol. The molecule has 0 aliphatic carbocycles. The van der Waals surface area contributed by atoms with Gasteiger partial charge in [0.05, 0.1) is 12.2 Å². The van der Waals surface area contributed by atoms with Crippen LogP contribution in [0.2, 0.25) is 0 Å². The van der Waals surface area contributed by atoms with Crippen LogP contribution in [0.5, 0.6) is 0 Å². The second-order valence-electron chi connectivity index (χ2n) is 7.46. The van der Waals surface area contributed by atoms with Crippen molar-refractivity contribution in [2.24, 2.45) is 0 Å². The van der Waals surface area contributed by atoms with Gasteiger partial charge in [-0.1, -0.05) is 12.1 Å². The summed E-state index contributed by atoms with van der Waals surface area (Å²) in [5, 5.41) is 18.1. The Kier molecular flexibility index (Phi) is 6.61. The van der Waals surface area contributed by atoms with E-state index in [2.05, 4.69) is 25.7 Å². The van der Waals surface area contributed by atoms with E-state index in [0.717, 1.165) is 0 Å². The van der Waals surface area contributed by atoms with E-state index < -0.39 is 35.3 Å². The van der Waals surface area contributed by atoms with Crippen molar-refractivity contribution in [1.29, 1.82) is 5.26 Å². The van der Waals surface area contributed by atoms with Gasteiger partial charge in [0, 0.05) is 11.3 Å². The van der Waals surface area contributed by atoms with Gasteiger partial charge in [-0.05, 0) is 42.8 Å². The van der Waals surface area contributed by atoms with Gasteiger partial charge in [0.25, 0.3) is 0 Å². The molecule has 3 heterocycles. The fourth-order valence-electron chi connectivity index (χ4n) is 3.45. The van der Waals surface area contributed by atoms with Crippen LogP contribution >= 0.6 is 0 Å². The summed E-state index contributed by atoms with van der Waals surface area (Å²) in [7, 11) is 0. The molecule has 0 unspecified atom stereocenters. The third kappa shape index (κ3) is 5.25. The number of alkyl halides is 3. The number of halogens is 3. The molecule has 3 aromatic heterocycles.